The predicted octanol–water partition coefficient (Wildman–Crippen LogP) is 3.15. The minimum absolute atomic E-state index is 0.241. The second-order valence-electron chi connectivity index (χ2n) is 4.07. The Labute approximate surface area is 114 Å². The van der Waals surface area contributed by atoms with Gasteiger partial charge >= 0.3 is 0 Å². The third-order valence-electron chi connectivity index (χ3n) is 2.45. The molecule has 0 aliphatic heterocycles. The highest BCUT2D eigenvalue weighted by molar-refractivity contribution is 7.15. The number of halogens is 2. The average molecular weight is 286 g/mol. The Balaban J connectivity index is 2.02. The van der Waals surface area contributed by atoms with E-state index in [2.05, 4.69) is 4.98 Å². The molecule has 2 aromatic rings. The highest BCUT2D eigenvalue weighted by Crippen LogP contribution is 2.19. The lowest BCUT2D eigenvalue weighted by Crippen LogP contribution is -2.17. The van der Waals surface area contributed by atoms with Gasteiger partial charge in [-0.1, -0.05) is 11.6 Å². The molecule has 0 radical (unpaired) electrons. The van der Waals surface area contributed by atoms with Gasteiger partial charge in [-0.15, -0.1) is 11.3 Å². The van der Waals surface area contributed by atoms with Crippen LogP contribution < -0.4 is 5.73 Å². The van der Waals surface area contributed by atoms with E-state index in [4.69, 9.17) is 17.3 Å². The number of nitrogen functional groups attached to an aromatic ring is 1. The van der Waals surface area contributed by atoms with E-state index >= 15 is 0 Å². The molecule has 6 heteroatoms. The van der Waals surface area contributed by atoms with Crippen molar-refractivity contribution in [1.29, 1.82) is 0 Å². The fraction of sp³-hybridized carbons (Fsp3) is 0.250. The van der Waals surface area contributed by atoms with Crippen LogP contribution in [-0.2, 0) is 13.1 Å². The Morgan fingerprint density at radius 1 is 1.44 bits per heavy atom. The molecule has 1 aromatic carbocycles. The van der Waals surface area contributed by atoms with Gasteiger partial charge in [0, 0.05) is 34.7 Å². The maximum atomic E-state index is 13.6. The van der Waals surface area contributed by atoms with Crippen LogP contribution in [0.5, 0.6) is 0 Å². The van der Waals surface area contributed by atoms with Gasteiger partial charge in [-0.2, -0.15) is 0 Å². The second-order valence-corrected chi connectivity index (χ2v) is 5.66. The minimum Gasteiger partial charge on any atom is -0.375 e. The third-order valence-corrected chi connectivity index (χ3v) is 3.49. The summed E-state index contributed by atoms with van der Waals surface area (Å²) in [5.41, 5.74) is 6.15. The molecule has 18 heavy (non-hydrogen) atoms. The van der Waals surface area contributed by atoms with Gasteiger partial charge in [0.15, 0.2) is 5.13 Å². The molecule has 0 spiro atoms. The van der Waals surface area contributed by atoms with Crippen molar-refractivity contribution >= 4 is 28.1 Å². The molecule has 0 unspecified atom stereocenters. The molecule has 0 bridgehead atoms. The highest BCUT2D eigenvalue weighted by atomic mass is 35.5. The van der Waals surface area contributed by atoms with Crippen molar-refractivity contribution in [3.05, 3.63) is 45.7 Å². The summed E-state index contributed by atoms with van der Waals surface area (Å²) in [4.78, 5) is 7.02. The van der Waals surface area contributed by atoms with Crippen LogP contribution in [0.1, 0.15) is 10.4 Å². The summed E-state index contributed by atoms with van der Waals surface area (Å²) in [6.07, 6.45) is 1.74. The summed E-state index contributed by atoms with van der Waals surface area (Å²) in [7, 11) is 1.91. The lowest BCUT2D eigenvalue weighted by Gasteiger charge is -2.16. The van der Waals surface area contributed by atoms with Crippen LogP contribution in [0.3, 0.4) is 0 Å². The van der Waals surface area contributed by atoms with Gasteiger partial charge in [0.25, 0.3) is 0 Å². The lowest BCUT2D eigenvalue weighted by atomic mass is 10.2. The number of hydrogen-bond acceptors (Lipinski definition) is 4. The summed E-state index contributed by atoms with van der Waals surface area (Å²) in [5.74, 6) is -0.241. The monoisotopic (exact) mass is 285 g/mol. The Hall–Kier alpha value is -1.17. The van der Waals surface area contributed by atoms with Crippen molar-refractivity contribution in [3.8, 4) is 0 Å². The molecular formula is C12H13ClFN3S. The fourth-order valence-corrected chi connectivity index (χ4v) is 2.63. The topological polar surface area (TPSA) is 42.2 Å². The molecule has 0 atom stereocenters. The van der Waals surface area contributed by atoms with Crippen LogP contribution in [0, 0.1) is 5.82 Å². The summed E-state index contributed by atoms with van der Waals surface area (Å²) in [6, 6.07) is 4.58. The number of rotatable bonds is 4. The first-order valence-electron chi connectivity index (χ1n) is 5.37. The number of aromatic nitrogens is 1. The molecule has 3 nitrogen and oxygen atoms in total. The quantitative estimate of drug-likeness (QED) is 0.938. The van der Waals surface area contributed by atoms with Crippen molar-refractivity contribution < 1.29 is 4.39 Å². The number of anilines is 1. The van der Waals surface area contributed by atoms with Crippen molar-refractivity contribution in [2.24, 2.45) is 0 Å². The molecule has 2 rings (SSSR count). The van der Waals surface area contributed by atoms with Crippen LogP contribution in [0.25, 0.3) is 0 Å². The standard InChI is InChI=1S/C12H13ClFN3S/c1-17(7-10-5-16-12(15)18-10)6-8-4-9(13)2-3-11(8)14/h2-5H,6-7H2,1H3,(H2,15,16). The first-order chi connectivity index (χ1) is 8.54. The van der Waals surface area contributed by atoms with Gasteiger partial charge in [0.1, 0.15) is 5.82 Å². The fourth-order valence-electron chi connectivity index (χ4n) is 1.67. The molecular weight excluding hydrogens is 273 g/mol. The maximum Gasteiger partial charge on any atom is 0.180 e. The molecule has 0 aliphatic carbocycles. The molecule has 2 N–H and O–H groups in total. The van der Waals surface area contributed by atoms with Gasteiger partial charge in [-0.05, 0) is 25.2 Å². The van der Waals surface area contributed by atoms with Crippen LogP contribution in [0.4, 0.5) is 9.52 Å². The van der Waals surface area contributed by atoms with Crippen LogP contribution in [-0.4, -0.2) is 16.9 Å². The Bertz CT molecular complexity index is 544. The predicted molar refractivity (Wildman–Crippen MR) is 73.1 cm³/mol. The van der Waals surface area contributed by atoms with Gasteiger partial charge in [0.2, 0.25) is 0 Å². The SMILES string of the molecule is CN(Cc1cnc(N)s1)Cc1cc(Cl)ccc1F. The van der Waals surface area contributed by atoms with Gasteiger partial charge < -0.3 is 5.73 Å². The van der Waals surface area contributed by atoms with E-state index in [1.807, 2.05) is 11.9 Å². The summed E-state index contributed by atoms with van der Waals surface area (Å²) < 4.78 is 13.6. The van der Waals surface area contributed by atoms with Gasteiger partial charge in [-0.3, -0.25) is 4.90 Å². The molecule has 1 aromatic heterocycles. The number of nitrogens with zero attached hydrogens (tertiary/aromatic N) is 2. The average Bonchev–Trinajstić information content (AvgIpc) is 2.69. The van der Waals surface area contributed by atoms with Crippen molar-refractivity contribution in [2.45, 2.75) is 13.1 Å². The zero-order valence-electron chi connectivity index (χ0n) is 9.86. The number of nitrogens with two attached hydrogens (primary N) is 1. The van der Waals surface area contributed by atoms with Gasteiger partial charge in [-0.25, -0.2) is 9.37 Å². The largest absolute Gasteiger partial charge is 0.375 e. The summed E-state index contributed by atoms with van der Waals surface area (Å²) >= 11 is 7.29. The third kappa shape index (κ3) is 3.41. The molecule has 0 fully saturated rings. The van der Waals surface area contributed by atoms with E-state index in [-0.39, 0.29) is 5.82 Å². The smallest absolute Gasteiger partial charge is 0.180 e. The first kappa shape index (κ1) is 13.3. The van der Waals surface area contributed by atoms with Crippen molar-refractivity contribution in [2.75, 3.05) is 12.8 Å². The van der Waals surface area contributed by atoms with E-state index in [0.29, 0.717) is 28.8 Å². The van der Waals surface area contributed by atoms with E-state index in [9.17, 15) is 4.39 Å². The maximum absolute atomic E-state index is 13.6. The lowest BCUT2D eigenvalue weighted by molar-refractivity contribution is 0.316. The molecule has 96 valence electrons. The molecule has 1 heterocycles. The number of benzene rings is 1. The minimum atomic E-state index is -0.241. The van der Waals surface area contributed by atoms with E-state index in [0.717, 1.165) is 4.88 Å². The first-order valence-corrected chi connectivity index (χ1v) is 6.56. The van der Waals surface area contributed by atoms with Crippen molar-refractivity contribution in [1.82, 2.24) is 9.88 Å². The Kier molecular flexibility index (Phi) is 4.16. The number of thiazole rings is 1. The van der Waals surface area contributed by atoms with Crippen LogP contribution in [0.2, 0.25) is 5.02 Å². The molecule has 0 amide bonds. The zero-order valence-corrected chi connectivity index (χ0v) is 11.4. The molecule has 0 saturated heterocycles. The summed E-state index contributed by atoms with van der Waals surface area (Å²) in [5, 5.41) is 1.09. The second kappa shape index (κ2) is 5.65. The van der Waals surface area contributed by atoms with Crippen LogP contribution in [0.15, 0.2) is 24.4 Å². The van der Waals surface area contributed by atoms with Crippen LogP contribution >= 0.6 is 22.9 Å². The highest BCUT2D eigenvalue weighted by Gasteiger charge is 2.08. The summed E-state index contributed by atoms with van der Waals surface area (Å²) in [6.45, 7) is 1.17. The number of hydrogen-bond donors (Lipinski definition) is 1. The van der Waals surface area contributed by atoms with Gasteiger partial charge in [0.05, 0.1) is 0 Å². The van der Waals surface area contributed by atoms with E-state index in [1.165, 1.54) is 17.4 Å². The van der Waals surface area contributed by atoms with E-state index in [1.54, 1.807) is 18.3 Å². The molecule has 0 saturated carbocycles. The Morgan fingerprint density at radius 2 is 2.22 bits per heavy atom. The molecule has 0 aliphatic rings. The normalized spacial score (nSPS) is 11.1. The van der Waals surface area contributed by atoms with E-state index < -0.39 is 0 Å². The van der Waals surface area contributed by atoms with Crippen molar-refractivity contribution in [3.63, 3.8) is 0 Å². The Morgan fingerprint density at radius 3 is 2.89 bits per heavy atom. The zero-order chi connectivity index (χ0) is 13.1.